The van der Waals surface area contributed by atoms with Crippen LogP contribution >= 0.6 is 0 Å². The molecule has 3 N–H and O–H groups in total. The molecule has 1 aromatic carbocycles. The molecule has 0 amide bonds. The molecule has 0 unspecified atom stereocenters. The van der Waals surface area contributed by atoms with Crippen molar-refractivity contribution in [2.24, 2.45) is 10.8 Å². The number of rotatable bonds is 3. The van der Waals surface area contributed by atoms with Gasteiger partial charge in [-0.15, -0.1) is 0 Å². The summed E-state index contributed by atoms with van der Waals surface area (Å²) in [6.07, 6.45) is 0.765. The Morgan fingerprint density at radius 1 is 1.40 bits per heavy atom. The zero-order chi connectivity index (χ0) is 11.3. The van der Waals surface area contributed by atoms with Crippen molar-refractivity contribution in [1.29, 1.82) is 0 Å². The van der Waals surface area contributed by atoms with Gasteiger partial charge in [0.25, 0.3) is 0 Å². The maximum absolute atomic E-state index is 5.44. The van der Waals surface area contributed by atoms with E-state index < -0.39 is 0 Å². The normalized spacial score (nSPS) is 11.9. The molecule has 15 heavy (non-hydrogen) atoms. The second-order valence-corrected chi connectivity index (χ2v) is 3.92. The Balaban J connectivity index is 2.80. The minimum Gasteiger partial charge on any atom is -0.312 e. The van der Waals surface area contributed by atoms with Crippen molar-refractivity contribution >= 4 is 5.84 Å². The number of aliphatic imine (C=N–C) groups is 1. The van der Waals surface area contributed by atoms with Crippen LogP contribution < -0.4 is 11.3 Å². The van der Waals surface area contributed by atoms with Gasteiger partial charge in [0.15, 0.2) is 0 Å². The van der Waals surface area contributed by atoms with Crippen LogP contribution in [0.15, 0.2) is 29.3 Å². The first-order valence-electron chi connectivity index (χ1n) is 5.21. The molecule has 0 bridgehead atoms. The van der Waals surface area contributed by atoms with Crippen LogP contribution in [-0.2, 0) is 6.42 Å². The summed E-state index contributed by atoms with van der Waals surface area (Å²) >= 11 is 0. The molecule has 0 saturated heterocycles. The zero-order valence-electron chi connectivity index (χ0n) is 9.62. The quantitative estimate of drug-likeness (QED) is 0.342. The Bertz CT molecular complexity index is 342. The number of nitrogens with one attached hydrogen (secondary N) is 1. The first kappa shape index (κ1) is 11.7. The summed E-state index contributed by atoms with van der Waals surface area (Å²) < 4.78 is 0. The molecule has 0 saturated carbocycles. The average Bonchev–Trinajstić information content (AvgIpc) is 2.19. The Hall–Kier alpha value is -1.35. The van der Waals surface area contributed by atoms with E-state index in [9.17, 15) is 0 Å². The highest BCUT2D eigenvalue weighted by Gasteiger charge is 2.02. The standard InChI is InChI=1S/C12H19N3/c1-9(2)14-12(15-13)8-11-7-5-4-6-10(11)3/h4-7,9H,8,13H2,1-3H3,(H,14,15). The van der Waals surface area contributed by atoms with E-state index in [1.807, 2.05) is 26.0 Å². The molecule has 0 aliphatic carbocycles. The molecule has 0 radical (unpaired) electrons. The lowest BCUT2D eigenvalue weighted by Gasteiger charge is -2.09. The molecule has 0 aliphatic heterocycles. The van der Waals surface area contributed by atoms with Crippen molar-refractivity contribution in [3.8, 4) is 0 Å². The van der Waals surface area contributed by atoms with Gasteiger partial charge in [-0.25, -0.2) is 5.84 Å². The highest BCUT2D eigenvalue weighted by molar-refractivity contribution is 5.84. The Labute approximate surface area is 91.4 Å². The number of hydrazine groups is 1. The van der Waals surface area contributed by atoms with E-state index in [0.29, 0.717) is 0 Å². The van der Waals surface area contributed by atoms with E-state index in [1.54, 1.807) is 0 Å². The summed E-state index contributed by atoms with van der Waals surface area (Å²) in [6, 6.07) is 8.53. The van der Waals surface area contributed by atoms with Gasteiger partial charge in [0.2, 0.25) is 0 Å². The third kappa shape index (κ3) is 3.72. The molecule has 0 aliphatic rings. The van der Waals surface area contributed by atoms with Crippen LogP contribution in [-0.4, -0.2) is 11.9 Å². The summed E-state index contributed by atoms with van der Waals surface area (Å²) in [4.78, 5) is 4.41. The zero-order valence-corrected chi connectivity index (χ0v) is 9.62. The molecule has 1 aromatic rings. The van der Waals surface area contributed by atoms with Gasteiger partial charge in [0, 0.05) is 12.5 Å². The number of amidine groups is 1. The van der Waals surface area contributed by atoms with E-state index in [0.717, 1.165) is 12.3 Å². The fourth-order valence-corrected chi connectivity index (χ4v) is 1.43. The lowest BCUT2D eigenvalue weighted by molar-refractivity contribution is 0.811. The first-order chi connectivity index (χ1) is 7.13. The van der Waals surface area contributed by atoms with Crippen molar-refractivity contribution in [1.82, 2.24) is 5.43 Å². The second kappa shape index (κ2) is 5.51. The second-order valence-electron chi connectivity index (χ2n) is 3.92. The number of aryl methyl sites for hydroxylation is 1. The van der Waals surface area contributed by atoms with Crippen molar-refractivity contribution < 1.29 is 0 Å². The molecule has 0 fully saturated rings. The van der Waals surface area contributed by atoms with Crippen molar-refractivity contribution in [2.75, 3.05) is 0 Å². The fourth-order valence-electron chi connectivity index (χ4n) is 1.43. The molecule has 0 heterocycles. The summed E-state index contributed by atoms with van der Waals surface area (Å²) in [6.45, 7) is 6.17. The molecular weight excluding hydrogens is 186 g/mol. The van der Waals surface area contributed by atoms with E-state index in [4.69, 9.17) is 5.84 Å². The number of benzene rings is 1. The molecule has 0 atom stereocenters. The largest absolute Gasteiger partial charge is 0.312 e. The minimum atomic E-state index is 0.264. The highest BCUT2D eigenvalue weighted by Crippen LogP contribution is 2.08. The SMILES string of the molecule is Cc1ccccc1CC(=NC(C)C)NN. The molecule has 1 rings (SSSR count). The van der Waals surface area contributed by atoms with Gasteiger partial charge >= 0.3 is 0 Å². The van der Waals surface area contributed by atoms with Crippen molar-refractivity contribution in [2.45, 2.75) is 33.2 Å². The van der Waals surface area contributed by atoms with Crippen LogP contribution in [0.2, 0.25) is 0 Å². The van der Waals surface area contributed by atoms with Gasteiger partial charge in [-0.3, -0.25) is 4.99 Å². The third-order valence-corrected chi connectivity index (χ3v) is 2.20. The molecular formula is C12H19N3. The first-order valence-corrected chi connectivity index (χ1v) is 5.21. The van der Waals surface area contributed by atoms with Gasteiger partial charge in [0.1, 0.15) is 5.84 Å². The van der Waals surface area contributed by atoms with E-state index in [-0.39, 0.29) is 6.04 Å². The number of nitrogens with zero attached hydrogens (tertiary/aromatic N) is 1. The van der Waals surface area contributed by atoms with E-state index >= 15 is 0 Å². The van der Waals surface area contributed by atoms with Crippen molar-refractivity contribution in [3.05, 3.63) is 35.4 Å². The third-order valence-electron chi connectivity index (χ3n) is 2.20. The Morgan fingerprint density at radius 2 is 2.07 bits per heavy atom. The van der Waals surface area contributed by atoms with E-state index in [2.05, 4.69) is 29.5 Å². The van der Waals surface area contributed by atoms with Crippen LogP contribution in [0.25, 0.3) is 0 Å². The lowest BCUT2D eigenvalue weighted by Crippen LogP contribution is -2.32. The number of nitrogens with two attached hydrogens (primary N) is 1. The molecule has 0 aromatic heterocycles. The van der Waals surface area contributed by atoms with Crippen LogP contribution in [0.5, 0.6) is 0 Å². The average molecular weight is 205 g/mol. The van der Waals surface area contributed by atoms with Gasteiger partial charge < -0.3 is 5.43 Å². The Morgan fingerprint density at radius 3 is 2.60 bits per heavy atom. The lowest BCUT2D eigenvalue weighted by atomic mass is 10.1. The van der Waals surface area contributed by atoms with Gasteiger partial charge in [-0.05, 0) is 31.9 Å². The van der Waals surface area contributed by atoms with Crippen LogP contribution in [0.4, 0.5) is 0 Å². The summed E-state index contributed by atoms with van der Waals surface area (Å²) in [5.74, 6) is 6.27. The topological polar surface area (TPSA) is 50.4 Å². The van der Waals surface area contributed by atoms with Crippen molar-refractivity contribution in [3.63, 3.8) is 0 Å². The minimum absolute atomic E-state index is 0.264. The van der Waals surface area contributed by atoms with Crippen LogP contribution in [0.1, 0.15) is 25.0 Å². The summed E-state index contributed by atoms with van der Waals surface area (Å²) in [5, 5.41) is 0. The highest BCUT2D eigenvalue weighted by atomic mass is 15.2. The van der Waals surface area contributed by atoms with Crippen LogP contribution in [0, 0.1) is 6.92 Å². The predicted octanol–water partition coefficient (Wildman–Crippen LogP) is 1.81. The maximum atomic E-state index is 5.44. The molecule has 3 nitrogen and oxygen atoms in total. The van der Waals surface area contributed by atoms with Gasteiger partial charge in [-0.2, -0.15) is 0 Å². The number of hydrogen-bond acceptors (Lipinski definition) is 2. The van der Waals surface area contributed by atoms with Gasteiger partial charge in [0.05, 0.1) is 0 Å². The predicted molar refractivity (Wildman–Crippen MR) is 64.8 cm³/mol. The smallest absolute Gasteiger partial charge is 0.115 e. The molecule has 0 spiro atoms. The summed E-state index contributed by atoms with van der Waals surface area (Å²) in [7, 11) is 0. The Kier molecular flexibility index (Phi) is 4.31. The molecule has 82 valence electrons. The monoisotopic (exact) mass is 205 g/mol. The van der Waals surface area contributed by atoms with E-state index in [1.165, 1.54) is 11.1 Å². The summed E-state index contributed by atoms with van der Waals surface area (Å²) in [5.41, 5.74) is 5.19. The van der Waals surface area contributed by atoms with Gasteiger partial charge in [-0.1, -0.05) is 24.3 Å². The van der Waals surface area contributed by atoms with Crippen LogP contribution in [0.3, 0.4) is 0 Å². The maximum Gasteiger partial charge on any atom is 0.115 e. The molecule has 3 heteroatoms. The fraction of sp³-hybridized carbons (Fsp3) is 0.417. The number of hydrogen-bond donors (Lipinski definition) is 2.